The number of nitrogens with zero attached hydrogens (tertiary/aromatic N) is 3. The molecule has 4 rings (SSSR count). The number of pyridine rings is 1. The van der Waals surface area contributed by atoms with Gasteiger partial charge in [-0.1, -0.05) is 6.07 Å². The molecule has 2 aromatic heterocycles. The molecule has 1 aliphatic heterocycles. The molecule has 0 bridgehead atoms. The van der Waals surface area contributed by atoms with Gasteiger partial charge < -0.3 is 0 Å². The van der Waals surface area contributed by atoms with E-state index in [-0.39, 0.29) is 16.1 Å². The molecule has 0 saturated carbocycles. The number of aromatic nitrogens is 2. The first-order valence-corrected chi connectivity index (χ1v) is 10.7. The first-order chi connectivity index (χ1) is 14.4. The van der Waals surface area contributed by atoms with Gasteiger partial charge in [0.05, 0.1) is 4.90 Å². The van der Waals surface area contributed by atoms with Crippen LogP contribution in [0, 0.1) is 5.95 Å². The van der Waals surface area contributed by atoms with Gasteiger partial charge in [-0.2, -0.15) is 8.70 Å². The van der Waals surface area contributed by atoms with E-state index in [4.69, 9.17) is 0 Å². The zero-order valence-electron chi connectivity index (χ0n) is 15.7. The average Bonchev–Trinajstić information content (AvgIpc) is 3.41. The minimum absolute atomic E-state index is 0.0942. The van der Waals surface area contributed by atoms with Crippen molar-refractivity contribution in [2.75, 3.05) is 13.1 Å². The highest BCUT2D eigenvalue weighted by atomic mass is 32.2. The first-order valence-electron chi connectivity index (χ1n) is 9.21. The molecule has 30 heavy (non-hydrogen) atoms. The lowest BCUT2D eigenvalue weighted by molar-refractivity contribution is 0.0841. The molecule has 0 aliphatic carbocycles. The number of carbonyl (C=O) groups excluding carboxylic acids is 2. The van der Waals surface area contributed by atoms with Gasteiger partial charge in [0.1, 0.15) is 5.65 Å². The van der Waals surface area contributed by atoms with E-state index in [1.165, 1.54) is 40.8 Å². The fraction of sp³-hybridized carbons (Fsp3) is 0.211. The molecule has 1 aliphatic rings. The Morgan fingerprint density at radius 2 is 1.63 bits per heavy atom. The van der Waals surface area contributed by atoms with Crippen molar-refractivity contribution in [2.24, 2.45) is 0 Å². The third-order valence-electron chi connectivity index (χ3n) is 4.80. The van der Waals surface area contributed by atoms with Gasteiger partial charge in [0.2, 0.25) is 16.0 Å². The summed E-state index contributed by atoms with van der Waals surface area (Å²) in [5, 5.41) is 0. The van der Waals surface area contributed by atoms with Crippen molar-refractivity contribution < 1.29 is 22.4 Å². The number of rotatable bonds is 4. The van der Waals surface area contributed by atoms with Crippen molar-refractivity contribution >= 4 is 27.5 Å². The van der Waals surface area contributed by atoms with E-state index in [9.17, 15) is 22.4 Å². The van der Waals surface area contributed by atoms with Gasteiger partial charge in [-0.15, -0.1) is 0 Å². The summed E-state index contributed by atoms with van der Waals surface area (Å²) in [6.45, 7) is 0.965. The largest absolute Gasteiger partial charge is 0.293 e. The van der Waals surface area contributed by atoms with Crippen molar-refractivity contribution in [3.8, 4) is 0 Å². The number of hydrogen-bond acceptors (Lipinski definition) is 5. The maximum Gasteiger partial charge on any atom is 0.293 e. The summed E-state index contributed by atoms with van der Waals surface area (Å²) in [5.41, 5.74) is 4.19. The van der Waals surface area contributed by atoms with Crippen LogP contribution < -0.4 is 10.9 Å². The second kappa shape index (κ2) is 7.84. The van der Waals surface area contributed by atoms with Crippen LogP contribution in [0.25, 0.3) is 5.65 Å². The second-order valence-corrected chi connectivity index (χ2v) is 8.66. The van der Waals surface area contributed by atoms with E-state index in [1.54, 1.807) is 12.1 Å². The molecule has 3 aromatic rings. The molecule has 1 aromatic carbocycles. The maximum atomic E-state index is 14.3. The summed E-state index contributed by atoms with van der Waals surface area (Å²) in [6, 6.07) is 10.1. The number of benzene rings is 1. The Hall–Kier alpha value is -3.31. The van der Waals surface area contributed by atoms with E-state index in [1.807, 2.05) is 0 Å². The fourth-order valence-corrected chi connectivity index (χ4v) is 4.73. The molecule has 9 nitrogen and oxygen atoms in total. The number of halogens is 1. The highest BCUT2D eigenvalue weighted by Crippen LogP contribution is 2.21. The Morgan fingerprint density at radius 1 is 0.967 bits per heavy atom. The van der Waals surface area contributed by atoms with E-state index in [0.717, 1.165) is 17.2 Å². The van der Waals surface area contributed by atoms with Gasteiger partial charge in [0.15, 0.2) is 5.69 Å². The molecule has 1 saturated heterocycles. The predicted octanol–water partition coefficient (Wildman–Crippen LogP) is 1.33. The van der Waals surface area contributed by atoms with Crippen molar-refractivity contribution in [1.82, 2.24) is 24.5 Å². The van der Waals surface area contributed by atoms with Crippen LogP contribution in [-0.2, 0) is 10.0 Å². The van der Waals surface area contributed by atoms with Gasteiger partial charge in [-0.3, -0.25) is 24.8 Å². The third kappa shape index (κ3) is 3.64. The number of carbonyl (C=O) groups is 2. The topological polar surface area (TPSA) is 113 Å². The van der Waals surface area contributed by atoms with E-state index >= 15 is 0 Å². The SMILES string of the molecule is O=C(NNC(=O)c1nc2ccccn2c1F)c1ccc(S(=O)(=O)N2CCCC2)cc1. The van der Waals surface area contributed by atoms with Crippen molar-refractivity contribution in [1.29, 1.82) is 0 Å². The molecular formula is C19H18FN5O4S. The Bertz CT molecular complexity index is 1220. The molecule has 0 unspecified atom stereocenters. The van der Waals surface area contributed by atoms with Gasteiger partial charge >= 0.3 is 0 Å². The van der Waals surface area contributed by atoms with Crippen LogP contribution in [0.1, 0.15) is 33.7 Å². The Balaban J connectivity index is 1.42. The van der Waals surface area contributed by atoms with E-state index < -0.39 is 33.5 Å². The number of amides is 2. The zero-order chi connectivity index (χ0) is 21.3. The first kappa shape index (κ1) is 20.0. The summed E-state index contributed by atoms with van der Waals surface area (Å²) in [6.07, 6.45) is 3.07. The molecule has 2 N–H and O–H groups in total. The highest BCUT2D eigenvalue weighted by Gasteiger charge is 2.27. The van der Waals surface area contributed by atoms with Crippen LogP contribution in [0.2, 0.25) is 0 Å². The standard InChI is InChI=1S/C19H18FN5O4S/c20-17-16(21-15-5-1-2-12-25(15)17)19(27)23-22-18(26)13-6-8-14(9-7-13)30(28,29)24-10-3-4-11-24/h1-2,5-9,12H,3-4,10-11H2,(H,22,26)(H,23,27). The van der Waals surface area contributed by atoms with Crippen molar-refractivity contribution in [2.45, 2.75) is 17.7 Å². The number of hydrogen-bond donors (Lipinski definition) is 2. The third-order valence-corrected chi connectivity index (χ3v) is 6.71. The monoisotopic (exact) mass is 431 g/mol. The average molecular weight is 431 g/mol. The number of fused-ring (bicyclic) bond motifs is 1. The van der Waals surface area contributed by atoms with Crippen molar-refractivity contribution in [3.63, 3.8) is 0 Å². The summed E-state index contributed by atoms with van der Waals surface area (Å²) in [5.74, 6) is -2.45. The van der Waals surface area contributed by atoms with Crippen LogP contribution >= 0.6 is 0 Å². The lowest BCUT2D eigenvalue weighted by Crippen LogP contribution is -2.42. The summed E-state index contributed by atoms with van der Waals surface area (Å²) in [7, 11) is -3.58. The van der Waals surface area contributed by atoms with Gasteiger partial charge in [0.25, 0.3) is 11.8 Å². The van der Waals surface area contributed by atoms with Crippen LogP contribution in [-0.4, -0.2) is 47.0 Å². The second-order valence-electron chi connectivity index (χ2n) is 6.72. The van der Waals surface area contributed by atoms with E-state index in [2.05, 4.69) is 15.8 Å². The van der Waals surface area contributed by atoms with Gasteiger partial charge in [0, 0.05) is 24.8 Å². The number of nitrogens with one attached hydrogen (secondary N) is 2. The molecule has 0 spiro atoms. The van der Waals surface area contributed by atoms with Gasteiger partial charge in [-0.25, -0.2) is 13.4 Å². The molecular weight excluding hydrogens is 413 g/mol. The van der Waals surface area contributed by atoms with Gasteiger partial charge in [-0.05, 0) is 49.2 Å². The summed E-state index contributed by atoms with van der Waals surface area (Å²) < 4.78 is 41.8. The molecule has 3 heterocycles. The van der Waals surface area contributed by atoms with Crippen LogP contribution in [0.15, 0.2) is 53.6 Å². The normalized spacial score (nSPS) is 14.7. The lowest BCUT2D eigenvalue weighted by Gasteiger charge is -2.15. The van der Waals surface area contributed by atoms with E-state index in [0.29, 0.717) is 13.1 Å². The summed E-state index contributed by atoms with van der Waals surface area (Å²) >= 11 is 0. The summed E-state index contributed by atoms with van der Waals surface area (Å²) in [4.78, 5) is 28.4. The number of sulfonamides is 1. The molecule has 1 fully saturated rings. The quantitative estimate of drug-likeness (QED) is 0.605. The Morgan fingerprint density at radius 3 is 2.30 bits per heavy atom. The zero-order valence-corrected chi connectivity index (χ0v) is 16.5. The highest BCUT2D eigenvalue weighted by molar-refractivity contribution is 7.89. The molecule has 2 amide bonds. The number of imidazole rings is 1. The molecule has 156 valence electrons. The van der Waals surface area contributed by atoms with Crippen molar-refractivity contribution in [3.05, 3.63) is 65.9 Å². The predicted molar refractivity (Wildman–Crippen MR) is 105 cm³/mol. The minimum Gasteiger partial charge on any atom is -0.276 e. The lowest BCUT2D eigenvalue weighted by atomic mass is 10.2. The minimum atomic E-state index is -3.58. The molecule has 0 radical (unpaired) electrons. The Labute approximate surface area is 171 Å². The maximum absolute atomic E-state index is 14.3. The van der Waals surface area contributed by atoms with Crippen LogP contribution in [0.4, 0.5) is 4.39 Å². The molecule has 0 atom stereocenters. The molecule has 11 heteroatoms. The fourth-order valence-electron chi connectivity index (χ4n) is 3.21. The number of hydrazine groups is 1. The van der Waals surface area contributed by atoms with Crippen LogP contribution in [0.5, 0.6) is 0 Å². The Kier molecular flexibility index (Phi) is 5.22. The smallest absolute Gasteiger partial charge is 0.276 e. The van der Waals surface area contributed by atoms with Crippen LogP contribution in [0.3, 0.4) is 0 Å².